The minimum atomic E-state index is -0.0566. The van der Waals surface area contributed by atoms with Gasteiger partial charge in [-0.25, -0.2) is 0 Å². The number of carbonyl (C=O) groups excluding carboxylic acids is 1. The van der Waals surface area contributed by atoms with Crippen LogP contribution in [0.4, 0.5) is 5.69 Å². The van der Waals surface area contributed by atoms with Gasteiger partial charge in [-0.3, -0.25) is 4.79 Å². The molecule has 1 amide bonds. The van der Waals surface area contributed by atoms with Gasteiger partial charge in [-0.2, -0.15) is 0 Å². The molecule has 0 aliphatic carbocycles. The molecule has 0 radical (unpaired) electrons. The summed E-state index contributed by atoms with van der Waals surface area (Å²) in [5.41, 5.74) is 1.87. The molecule has 1 aromatic heterocycles. The fourth-order valence-electron chi connectivity index (χ4n) is 3.27. The Kier molecular flexibility index (Phi) is 6.46. The van der Waals surface area contributed by atoms with E-state index in [-0.39, 0.29) is 5.91 Å². The van der Waals surface area contributed by atoms with Gasteiger partial charge >= 0.3 is 0 Å². The standard InChI is InChI=1S/C22H24N4O2S/c27-21(16-29-22-25-24-20-9-5-2-6-14-26(20)22)23-18-10-12-19(13-11-18)28-15-17-7-3-1-4-8-17/h1,3-4,7-8,10-13H,2,5-6,9,14-16H2,(H,23,27). The first kappa shape index (κ1) is 19.5. The number of hydrogen-bond donors (Lipinski definition) is 1. The number of rotatable bonds is 7. The second-order valence-electron chi connectivity index (χ2n) is 7.00. The molecule has 29 heavy (non-hydrogen) atoms. The Bertz CT molecular complexity index is 941. The molecule has 0 spiro atoms. The highest BCUT2D eigenvalue weighted by atomic mass is 32.2. The van der Waals surface area contributed by atoms with Crippen molar-refractivity contribution in [3.63, 3.8) is 0 Å². The molecule has 2 heterocycles. The third-order valence-electron chi connectivity index (χ3n) is 4.79. The molecule has 2 aromatic carbocycles. The van der Waals surface area contributed by atoms with Crippen molar-refractivity contribution in [2.75, 3.05) is 11.1 Å². The van der Waals surface area contributed by atoms with Gasteiger partial charge in [-0.15, -0.1) is 10.2 Å². The molecule has 0 fully saturated rings. The van der Waals surface area contributed by atoms with E-state index in [1.807, 2.05) is 54.6 Å². The predicted molar refractivity (Wildman–Crippen MR) is 114 cm³/mol. The number of amides is 1. The minimum Gasteiger partial charge on any atom is -0.489 e. The SMILES string of the molecule is O=C(CSc1nnc2n1CCCCC2)Nc1ccc(OCc2ccccc2)cc1. The van der Waals surface area contributed by atoms with E-state index in [9.17, 15) is 4.79 Å². The molecule has 4 rings (SSSR count). The second kappa shape index (κ2) is 9.60. The fraction of sp³-hybridized carbons (Fsp3) is 0.318. The van der Waals surface area contributed by atoms with Crippen molar-refractivity contribution in [3.8, 4) is 5.75 Å². The average molecular weight is 409 g/mol. The van der Waals surface area contributed by atoms with E-state index in [4.69, 9.17) is 4.74 Å². The Morgan fingerprint density at radius 2 is 1.86 bits per heavy atom. The number of thioether (sulfide) groups is 1. The van der Waals surface area contributed by atoms with Gasteiger partial charge in [0.2, 0.25) is 5.91 Å². The van der Waals surface area contributed by atoms with Gasteiger partial charge < -0.3 is 14.6 Å². The van der Waals surface area contributed by atoms with E-state index >= 15 is 0 Å². The number of anilines is 1. The highest BCUT2D eigenvalue weighted by Gasteiger charge is 2.16. The first-order valence-corrected chi connectivity index (χ1v) is 10.9. The summed E-state index contributed by atoms with van der Waals surface area (Å²) in [5.74, 6) is 2.06. The normalized spacial score (nSPS) is 13.4. The van der Waals surface area contributed by atoms with Crippen LogP contribution in [-0.2, 0) is 24.4 Å². The third kappa shape index (κ3) is 5.38. The lowest BCUT2D eigenvalue weighted by Gasteiger charge is -2.09. The van der Waals surface area contributed by atoms with E-state index in [1.54, 1.807) is 0 Å². The number of nitrogens with zero attached hydrogens (tertiary/aromatic N) is 3. The topological polar surface area (TPSA) is 69.0 Å². The smallest absolute Gasteiger partial charge is 0.234 e. The van der Waals surface area contributed by atoms with Gasteiger partial charge in [-0.05, 0) is 42.7 Å². The Labute approximate surface area is 174 Å². The van der Waals surface area contributed by atoms with Crippen molar-refractivity contribution in [1.82, 2.24) is 14.8 Å². The van der Waals surface area contributed by atoms with Gasteiger partial charge in [0.25, 0.3) is 0 Å². The maximum absolute atomic E-state index is 12.3. The molecular weight excluding hydrogens is 384 g/mol. The molecular formula is C22H24N4O2S. The molecule has 0 saturated heterocycles. The van der Waals surface area contributed by atoms with Gasteiger partial charge in [0.1, 0.15) is 18.2 Å². The zero-order valence-corrected chi connectivity index (χ0v) is 17.0. The summed E-state index contributed by atoms with van der Waals surface area (Å²) >= 11 is 1.44. The molecule has 3 aromatic rings. The molecule has 7 heteroatoms. The summed E-state index contributed by atoms with van der Waals surface area (Å²) in [6.07, 6.45) is 4.50. The number of carbonyl (C=O) groups is 1. The quantitative estimate of drug-likeness (QED) is 0.590. The number of benzene rings is 2. The van der Waals surface area contributed by atoms with Crippen LogP contribution in [0, 0.1) is 0 Å². The second-order valence-corrected chi connectivity index (χ2v) is 7.94. The van der Waals surface area contributed by atoms with Crippen molar-refractivity contribution in [3.05, 3.63) is 66.0 Å². The summed E-state index contributed by atoms with van der Waals surface area (Å²) in [4.78, 5) is 12.3. The number of ether oxygens (including phenoxy) is 1. The lowest BCUT2D eigenvalue weighted by molar-refractivity contribution is -0.113. The molecule has 1 aliphatic rings. The zero-order chi connectivity index (χ0) is 19.9. The van der Waals surface area contributed by atoms with E-state index in [1.165, 1.54) is 18.2 Å². The van der Waals surface area contributed by atoms with Crippen molar-refractivity contribution >= 4 is 23.4 Å². The van der Waals surface area contributed by atoms with Crippen LogP contribution in [0.2, 0.25) is 0 Å². The van der Waals surface area contributed by atoms with Crippen molar-refractivity contribution in [2.24, 2.45) is 0 Å². The Balaban J connectivity index is 1.26. The highest BCUT2D eigenvalue weighted by Crippen LogP contribution is 2.22. The van der Waals surface area contributed by atoms with Crippen molar-refractivity contribution < 1.29 is 9.53 Å². The van der Waals surface area contributed by atoms with Crippen LogP contribution in [0.25, 0.3) is 0 Å². The summed E-state index contributed by atoms with van der Waals surface area (Å²) in [7, 11) is 0. The van der Waals surface area contributed by atoms with Gasteiger partial charge in [0.15, 0.2) is 5.16 Å². The van der Waals surface area contributed by atoms with Crippen LogP contribution in [0.3, 0.4) is 0 Å². The number of aryl methyl sites for hydroxylation is 1. The Morgan fingerprint density at radius 3 is 2.69 bits per heavy atom. The van der Waals surface area contributed by atoms with Crippen molar-refractivity contribution in [2.45, 2.75) is 44.0 Å². The lowest BCUT2D eigenvalue weighted by atomic mass is 10.2. The summed E-state index contributed by atoms with van der Waals surface area (Å²) < 4.78 is 7.93. The first-order valence-electron chi connectivity index (χ1n) is 9.89. The Morgan fingerprint density at radius 1 is 1.03 bits per heavy atom. The summed E-state index contributed by atoms with van der Waals surface area (Å²) in [6, 6.07) is 17.5. The predicted octanol–water partition coefficient (Wildman–Crippen LogP) is 4.31. The number of aromatic nitrogens is 3. The highest BCUT2D eigenvalue weighted by molar-refractivity contribution is 7.99. The van der Waals surface area contributed by atoms with Crippen LogP contribution in [0.5, 0.6) is 5.75 Å². The van der Waals surface area contributed by atoms with E-state index in [2.05, 4.69) is 20.1 Å². The molecule has 0 atom stereocenters. The van der Waals surface area contributed by atoms with Crippen LogP contribution in [0.15, 0.2) is 59.8 Å². The zero-order valence-electron chi connectivity index (χ0n) is 16.2. The number of fused-ring (bicyclic) bond motifs is 1. The minimum absolute atomic E-state index is 0.0566. The van der Waals surface area contributed by atoms with Crippen molar-refractivity contribution in [1.29, 1.82) is 0 Å². The molecule has 0 unspecified atom stereocenters. The van der Waals surface area contributed by atoms with Crippen LogP contribution in [-0.4, -0.2) is 26.4 Å². The molecule has 1 N–H and O–H groups in total. The molecule has 0 bridgehead atoms. The Hall–Kier alpha value is -2.80. The monoisotopic (exact) mass is 408 g/mol. The molecule has 1 aliphatic heterocycles. The van der Waals surface area contributed by atoms with E-state index in [0.717, 1.165) is 53.8 Å². The van der Waals surface area contributed by atoms with Crippen LogP contribution >= 0.6 is 11.8 Å². The largest absolute Gasteiger partial charge is 0.489 e. The maximum Gasteiger partial charge on any atom is 0.234 e. The third-order valence-corrected chi connectivity index (χ3v) is 5.76. The van der Waals surface area contributed by atoms with Gasteiger partial charge in [0, 0.05) is 18.7 Å². The van der Waals surface area contributed by atoms with Crippen LogP contribution in [0.1, 0.15) is 30.7 Å². The van der Waals surface area contributed by atoms with Gasteiger partial charge in [0.05, 0.1) is 5.75 Å². The molecule has 150 valence electrons. The first-order chi connectivity index (χ1) is 14.3. The maximum atomic E-state index is 12.3. The number of hydrogen-bond acceptors (Lipinski definition) is 5. The van der Waals surface area contributed by atoms with E-state index < -0.39 is 0 Å². The van der Waals surface area contributed by atoms with Crippen LogP contribution < -0.4 is 10.1 Å². The molecule has 6 nitrogen and oxygen atoms in total. The fourth-order valence-corrected chi connectivity index (χ4v) is 4.05. The summed E-state index contributed by atoms with van der Waals surface area (Å²) in [5, 5.41) is 12.3. The average Bonchev–Trinajstić information content (AvgIpc) is 2.98. The van der Waals surface area contributed by atoms with Gasteiger partial charge in [-0.1, -0.05) is 48.5 Å². The number of nitrogens with one attached hydrogen (secondary N) is 1. The summed E-state index contributed by atoms with van der Waals surface area (Å²) in [6.45, 7) is 1.46. The molecule has 0 saturated carbocycles. The lowest BCUT2D eigenvalue weighted by Crippen LogP contribution is -2.14. The van der Waals surface area contributed by atoms with E-state index in [0.29, 0.717) is 12.4 Å².